The van der Waals surface area contributed by atoms with Gasteiger partial charge in [0.25, 0.3) is 0 Å². The van der Waals surface area contributed by atoms with Crippen molar-refractivity contribution in [3.63, 3.8) is 0 Å². The van der Waals surface area contributed by atoms with Gasteiger partial charge in [0.05, 0.1) is 12.5 Å². The SMILES string of the molecule is CCC(=CCN1C(=O)CC(C)(C)C1=O)C(=O)OC. The zero-order chi connectivity index (χ0) is 13.9. The number of ether oxygens (including phenoxy) is 1. The molecule has 0 saturated carbocycles. The lowest BCUT2D eigenvalue weighted by Gasteiger charge is -2.16. The molecule has 18 heavy (non-hydrogen) atoms. The molecule has 0 spiro atoms. The second-order valence-corrected chi connectivity index (χ2v) is 4.94. The molecule has 0 radical (unpaired) electrons. The monoisotopic (exact) mass is 253 g/mol. The van der Waals surface area contributed by atoms with E-state index in [9.17, 15) is 14.4 Å². The third-order valence-electron chi connectivity index (χ3n) is 3.07. The highest BCUT2D eigenvalue weighted by molar-refractivity contribution is 6.05. The summed E-state index contributed by atoms with van der Waals surface area (Å²) in [5.74, 6) is -0.804. The number of imide groups is 1. The maximum absolute atomic E-state index is 11.9. The van der Waals surface area contributed by atoms with Crippen LogP contribution in [0.5, 0.6) is 0 Å². The number of nitrogens with zero attached hydrogens (tertiary/aromatic N) is 1. The van der Waals surface area contributed by atoms with Gasteiger partial charge in [0, 0.05) is 18.5 Å². The van der Waals surface area contributed by atoms with Crippen LogP contribution in [0.3, 0.4) is 0 Å². The Labute approximate surface area is 107 Å². The van der Waals surface area contributed by atoms with Crippen LogP contribution in [0.4, 0.5) is 0 Å². The van der Waals surface area contributed by atoms with Gasteiger partial charge in [-0.25, -0.2) is 4.79 Å². The Morgan fingerprint density at radius 3 is 2.44 bits per heavy atom. The van der Waals surface area contributed by atoms with Crippen LogP contribution in [0.1, 0.15) is 33.6 Å². The van der Waals surface area contributed by atoms with Crippen LogP contribution in [-0.4, -0.2) is 36.3 Å². The predicted octanol–water partition coefficient (Wildman–Crippen LogP) is 1.28. The molecule has 0 unspecified atom stereocenters. The number of carbonyl (C=O) groups excluding carboxylic acids is 3. The van der Waals surface area contributed by atoms with E-state index in [-0.39, 0.29) is 24.8 Å². The van der Waals surface area contributed by atoms with Crippen LogP contribution in [0.15, 0.2) is 11.6 Å². The topological polar surface area (TPSA) is 63.7 Å². The quantitative estimate of drug-likeness (QED) is 0.430. The highest BCUT2D eigenvalue weighted by Crippen LogP contribution is 2.31. The van der Waals surface area contributed by atoms with Gasteiger partial charge in [-0.3, -0.25) is 14.5 Å². The van der Waals surface area contributed by atoms with Crippen LogP contribution >= 0.6 is 0 Å². The molecule has 5 heteroatoms. The van der Waals surface area contributed by atoms with Crippen molar-refractivity contribution in [1.29, 1.82) is 0 Å². The Hall–Kier alpha value is -1.65. The van der Waals surface area contributed by atoms with E-state index >= 15 is 0 Å². The van der Waals surface area contributed by atoms with E-state index in [1.54, 1.807) is 19.9 Å². The zero-order valence-electron chi connectivity index (χ0n) is 11.3. The Bertz CT molecular complexity index is 409. The smallest absolute Gasteiger partial charge is 0.333 e. The molecule has 0 bridgehead atoms. The van der Waals surface area contributed by atoms with Crippen molar-refractivity contribution in [2.24, 2.45) is 5.41 Å². The molecule has 1 heterocycles. The van der Waals surface area contributed by atoms with Gasteiger partial charge in [0.2, 0.25) is 11.8 Å². The Morgan fingerprint density at radius 2 is 2.06 bits per heavy atom. The maximum atomic E-state index is 11.9. The average molecular weight is 253 g/mol. The van der Waals surface area contributed by atoms with Crippen molar-refractivity contribution in [3.05, 3.63) is 11.6 Å². The van der Waals surface area contributed by atoms with E-state index in [1.807, 2.05) is 6.92 Å². The van der Waals surface area contributed by atoms with Gasteiger partial charge >= 0.3 is 5.97 Å². The third-order valence-corrected chi connectivity index (χ3v) is 3.07. The first-order valence-corrected chi connectivity index (χ1v) is 5.95. The summed E-state index contributed by atoms with van der Waals surface area (Å²) in [4.78, 5) is 36.2. The highest BCUT2D eigenvalue weighted by atomic mass is 16.5. The van der Waals surface area contributed by atoms with Gasteiger partial charge in [-0.2, -0.15) is 0 Å². The van der Waals surface area contributed by atoms with Gasteiger partial charge in [-0.1, -0.05) is 26.8 Å². The highest BCUT2D eigenvalue weighted by Gasteiger charge is 2.44. The van der Waals surface area contributed by atoms with Crippen molar-refractivity contribution < 1.29 is 19.1 Å². The minimum absolute atomic E-state index is 0.138. The fourth-order valence-electron chi connectivity index (χ4n) is 1.92. The molecule has 0 N–H and O–H groups in total. The number of amides is 2. The Kier molecular flexibility index (Phi) is 4.27. The van der Waals surface area contributed by atoms with E-state index in [4.69, 9.17) is 0 Å². The summed E-state index contributed by atoms with van der Waals surface area (Å²) >= 11 is 0. The van der Waals surface area contributed by atoms with E-state index in [0.29, 0.717) is 12.0 Å². The van der Waals surface area contributed by atoms with Gasteiger partial charge < -0.3 is 4.74 Å². The summed E-state index contributed by atoms with van der Waals surface area (Å²) in [7, 11) is 1.31. The molecule has 0 atom stereocenters. The molecule has 1 rings (SSSR count). The number of likely N-dealkylation sites (tertiary alicyclic amines) is 1. The lowest BCUT2D eigenvalue weighted by Crippen LogP contribution is -2.33. The maximum Gasteiger partial charge on any atom is 0.333 e. The van der Waals surface area contributed by atoms with E-state index in [2.05, 4.69) is 4.74 Å². The Morgan fingerprint density at radius 1 is 1.44 bits per heavy atom. The summed E-state index contributed by atoms with van der Waals surface area (Å²) in [5.41, 5.74) is -0.162. The second-order valence-electron chi connectivity index (χ2n) is 4.94. The average Bonchev–Trinajstić information content (AvgIpc) is 2.50. The number of rotatable bonds is 4. The summed E-state index contributed by atoms with van der Waals surface area (Å²) in [5, 5.41) is 0. The molecule has 0 aromatic carbocycles. The molecule has 5 nitrogen and oxygen atoms in total. The molecule has 2 amide bonds. The largest absolute Gasteiger partial charge is 0.466 e. The second kappa shape index (κ2) is 5.33. The molecule has 1 fully saturated rings. The number of esters is 1. The molecule has 1 aliphatic heterocycles. The number of hydrogen-bond donors (Lipinski definition) is 0. The lowest BCUT2D eigenvalue weighted by atomic mass is 9.92. The number of hydrogen-bond acceptors (Lipinski definition) is 4. The third kappa shape index (κ3) is 2.78. The van der Waals surface area contributed by atoms with Crippen LogP contribution in [0, 0.1) is 5.41 Å². The summed E-state index contributed by atoms with van der Waals surface area (Å²) in [6.45, 7) is 5.45. The predicted molar refractivity (Wildman–Crippen MR) is 65.5 cm³/mol. The Balaban J connectivity index is 2.80. The van der Waals surface area contributed by atoms with Gasteiger partial charge in [0.15, 0.2) is 0 Å². The van der Waals surface area contributed by atoms with Gasteiger partial charge in [-0.05, 0) is 6.42 Å². The first-order chi connectivity index (χ1) is 8.33. The normalized spacial score (nSPS) is 19.3. The fraction of sp³-hybridized carbons (Fsp3) is 0.615. The lowest BCUT2D eigenvalue weighted by molar-refractivity contribution is -0.140. The van der Waals surface area contributed by atoms with Crippen molar-refractivity contribution in [3.8, 4) is 0 Å². The first-order valence-electron chi connectivity index (χ1n) is 5.95. The molecular weight excluding hydrogens is 234 g/mol. The molecule has 1 aliphatic rings. The molecule has 1 saturated heterocycles. The fourth-order valence-corrected chi connectivity index (χ4v) is 1.92. The number of methoxy groups -OCH3 is 1. The van der Waals surface area contributed by atoms with Gasteiger partial charge in [-0.15, -0.1) is 0 Å². The molecule has 0 aromatic rings. The zero-order valence-corrected chi connectivity index (χ0v) is 11.3. The van der Waals surface area contributed by atoms with Crippen LogP contribution in [0.25, 0.3) is 0 Å². The minimum Gasteiger partial charge on any atom is -0.466 e. The van der Waals surface area contributed by atoms with E-state index < -0.39 is 11.4 Å². The molecule has 0 aromatic heterocycles. The summed E-state index contributed by atoms with van der Waals surface area (Å²) in [6, 6.07) is 0. The van der Waals surface area contributed by atoms with E-state index in [1.165, 1.54) is 12.0 Å². The molecule has 100 valence electrons. The van der Waals surface area contributed by atoms with Crippen molar-refractivity contribution in [2.45, 2.75) is 33.6 Å². The van der Waals surface area contributed by atoms with Crippen LogP contribution in [0.2, 0.25) is 0 Å². The van der Waals surface area contributed by atoms with Crippen molar-refractivity contribution >= 4 is 17.8 Å². The summed E-state index contributed by atoms with van der Waals surface area (Å²) in [6.07, 6.45) is 2.31. The van der Waals surface area contributed by atoms with E-state index in [0.717, 1.165) is 0 Å². The number of carbonyl (C=O) groups is 3. The molecular formula is C13H19NO4. The molecule has 0 aliphatic carbocycles. The van der Waals surface area contributed by atoms with Crippen LogP contribution in [-0.2, 0) is 19.1 Å². The van der Waals surface area contributed by atoms with Crippen molar-refractivity contribution in [1.82, 2.24) is 4.90 Å². The van der Waals surface area contributed by atoms with Crippen molar-refractivity contribution in [2.75, 3.05) is 13.7 Å². The summed E-state index contributed by atoms with van der Waals surface area (Å²) < 4.78 is 4.62. The first kappa shape index (κ1) is 14.4. The van der Waals surface area contributed by atoms with Gasteiger partial charge in [0.1, 0.15) is 0 Å². The minimum atomic E-state index is -0.636. The standard InChI is InChI=1S/C13H19NO4/c1-5-9(11(16)18-4)6-7-14-10(15)8-13(2,3)12(14)17/h6H,5,7-8H2,1-4H3. The van der Waals surface area contributed by atoms with Crippen LogP contribution < -0.4 is 0 Å².